The van der Waals surface area contributed by atoms with Crippen LogP contribution in [0.15, 0.2) is 47.6 Å². The molecule has 0 aliphatic carbocycles. The number of hydrogen-bond acceptors (Lipinski definition) is 4. The Balaban J connectivity index is 1.94. The lowest BCUT2D eigenvalue weighted by Crippen LogP contribution is -2.18. The molecule has 0 radical (unpaired) electrons. The number of nitrogens with two attached hydrogens (primary N) is 1. The van der Waals surface area contributed by atoms with Crippen LogP contribution in [0.5, 0.6) is 0 Å². The van der Waals surface area contributed by atoms with Gasteiger partial charge >= 0.3 is 6.18 Å². The zero-order valence-corrected chi connectivity index (χ0v) is 13.7. The summed E-state index contributed by atoms with van der Waals surface area (Å²) in [6.45, 7) is 0. The van der Waals surface area contributed by atoms with Gasteiger partial charge in [-0.05, 0) is 23.8 Å². The number of amides is 2. The third-order valence-electron chi connectivity index (χ3n) is 3.07. The molecule has 1 heterocycles. The molecule has 2 rings (SSSR count). The molecule has 0 unspecified atom stereocenters. The summed E-state index contributed by atoms with van der Waals surface area (Å²) in [6.07, 6.45) is -3.73. The maximum atomic E-state index is 12.5. The van der Waals surface area contributed by atoms with Crippen LogP contribution >= 0.6 is 11.8 Å². The number of nitrogens with zero attached hydrogens (tertiary/aromatic N) is 1. The predicted octanol–water partition coefficient (Wildman–Crippen LogP) is 2.86. The first-order chi connectivity index (χ1) is 11.8. The van der Waals surface area contributed by atoms with E-state index in [0.29, 0.717) is 16.3 Å². The van der Waals surface area contributed by atoms with Crippen molar-refractivity contribution >= 4 is 29.3 Å². The molecule has 0 aliphatic heterocycles. The van der Waals surface area contributed by atoms with E-state index in [9.17, 15) is 22.8 Å². The highest BCUT2D eigenvalue weighted by Gasteiger charge is 2.30. The standard InChI is InChI=1S/C16H14F3N3O2S/c17-16(18,19)11-5-6-15(21-8-11)25-9-14(24)22-12-4-2-1-3-10(12)7-13(20)23/h1-6,8H,7,9H2,(H2,20,23)(H,22,24). The van der Waals surface area contributed by atoms with E-state index in [0.717, 1.165) is 24.0 Å². The summed E-state index contributed by atoms with van der Waals surface area (Å²) in [6, 6.07) is 8.85. The number of rotatable bonds is 6. The van der Waals surface area contributed by atoms with Crippen LogP contribution in [0, 0.1) is 0 Å². The molecule has 25 heavy (non-hydrogen) atoms. The smallest absolute Gasteiger partial charge is 0.369 e. The normalized spacial score (nSPS) is 11.2. The number of halogens is 3. The predicted molar refractivity (Wildman–Crippen MR) is 87.9 cm³/mol. The number of primary amides is 1. The first-order valence-electron chi connectivity index (χ1n) is 7.08. The number of thioether (sulfide) groups is 1. The van der Waals surface area contributed by atoms with Gasteiger partial charge in [0.25, 0.3) is 0 Å². The average Bonchev–Trinajstić information content (AvgIpc) is 2.54. The summed E-state index contributed by atoms with van der Waals surface area (Å²) in [4.78, 5) is 26.7. The number of carbonyl (C=O) groups excluding carboxylic acids is 2. The van der Waals surface area contributed by atoms with Gasteiger partial charge < -0.3 is 11.1 Å². The second kappa shape index (κ2) is 8.02. The van der Waals surface area contributed by atoms with Crippen LogP contribution in [0.3, 0.4) is 0 Å². The fraction of sp³-hybridized carbons (Fsp3) is 0.188. The molecule has 0 saturated carbocycles. The van der Waals surface area contributed by atoms with Crippen LogP contribution < -0.4 is 11.1 Å². The number of para-hydroxylation sites is 1. The van der Waals surface area contributed by atoms with Crippen molar-refractivity contribution in [2.75, 3.05) is 11.1 Å². The molecule has 9 heteroatoms. The molecule has 3 N–H and O–H groups in total. The van der Waals surface area contributed by atoms with Gasteiger partial charge in [0.1, 0.15) is 0 Å². The fourth-order valence-electron chi connectivity index (χ4n) is 1.94. The van der Waals surface area contributed by atoms with Gasteiger partial charge in [0.05, 0.1) is 22.8 Å². The molecule has 2 aromatic rings. The van der Waals surface area contributed by atoms with Crippen molar-refractivity contribution in [3.8, 4) is 0 Å². The molecule has 132 valence electrons. The summed E-state index contributed by atoms with van der Waals surface area (Å²) in [7, 11) is 0. The first kappa shape index (κ1) is 18.8. The van der Waals surface area contributed by atoms with Gasteiger partial charge in [0.2, 0.25) is 11.8 Å². The molecular weight excluding hydrogens is 355 g/mol. The van der Waals surface area contributed by atoms with Crippen molar-refractivity contribution < 1.29 is 22.8 Å². The zero-order chi connectivity index (χ0) is 18.4. The van der Waals surface area contributed by atoms with Gasteiger partial charge in [-0.25, -0.2) is 4.98 Å². The minimum atomic E-state index is -4.45. The topological polar surface area (TPSA) is 85.1 Å². The Labute approximate surface area is 145 Å². The van der Waals surface area contributed by atoms with Crippen LogP contribution in [-0.2, 0) is 22.2 Å². The number of pyridine rings is 1. The van der Waals surface area contributed by atoms with Crippen LogP contribution in [0.4, 0.5) is 18.9 Å². The van der Waals surface area contributed by atoms with Gasteiger partial charge in [0, 0.05) is 11.9 Å². The average molecular weight is 369 g/mol. The molecule has 0 fully saturated rings. The lowest BCUT2D eigenvalue weighted by atomic mass is 10.1. The van der Waals surface area contributed by atoms with E-state index < -0.39 is 17.6 Å². The molecule has 0 bridgehead atoms. The summed E-state index contributed by atoms with van der Waals surface area (Å²) >= 11 is 1.00. The number of alkyl halides is 3. The van der Waals surface area contributed by atoms with Crippen molar-refractivity contribution in [3.05, 3.63) is 53.7 Å². The first-order valence-corrected chi connectivity index (χ1v) is 8.06. The Morgan fingerprint density at radius 3 is 2.48 bits per heavy atom. The number of carbonyl (C=O) groups is 2. The van der Waals surface area contributed by atoms with Crippen LogP contribution in [0.2, 0.25) is 0 Å². The van der Waals surface area contributed by atoms with E-state index >= 15 is 0 Å². The van der Waals surface area contributed by atoms with E-state index in [1.165, 1.54) is 6.07 Å². The lowest BCUT2D eigenvalue weighted by molar-refractivity contribution is -0.137. The second-order valence-electron chi connectivity index (χ2n) is 5.02. The molecule has 0 saturated heterocycles. The van der Waals surface area contributed by atoms with E-state index in [1.54, 1.807) is 24.3 Å². The third kappa shape index (κ3) is 5.79. The van der Waals surface area contributed by atoms with E-state index in [1.807, 2.05) is 0 Å². The summed E-state index contributed by atoms with van der Waals surface area (Å²) in [5.74, 6) is -0.933. The SMILES string of the molecule is NC(=O)Cc1ccccc1NC(=O)CSc1ccc(C(F)(F)F)cn1. The molecule has 0 spiro atoms. The Bertz CT molecular complexity index is 764. The Morgan fingerprint density at radius 1 is 1.16 bits per heavy atom. The van der Waals surface area contributed by atoms with Gasteiger partial charge in [-0.3, -0.25) is 9.59 Å². The molecule has 0 aliphatic rings. The van der Waals surface area contributed by atoms with Crippen molar-refractivity contribution in [2.24, 2.45) is 5.73 Å². The molecule has 1 aromatic carbocycles. The summed E-state index contributed by atoms with van der Waals surface area (Å²) in [5.41, 5.74) is 5.36. The lowest BCUT2D eigenvalue weighted by Gasteiger charge is -2.10. The largest absolute Gasteiger partial charge is 0.417 e. The third-order valence-corrected chi connectivity index (χ3v) is 4.01. The maximum Gasteiger partial charge on any atom is 0.417 e. The number of aromatic nitrogens is 1. The molecular formula is C16H14F3N3O2S. The zero-order valence-electron chi connectivity index (χ0n) is 12.8. The van der Waals surface area contributed by atoms with Gasteiger partial charge in [0.15, 0.2) is 0 Å². The van der Waals surface area contributed by atoms with Gasteiger partial charge in [-0.1, -0.05) is 30.0 Å². The monoisotopic (exact) mass is 369 g/mol. The van der Waals surface area contributed by atoms with E-state index in [-0.39, 0.29) is 18.1 Å². The van der Waals surface area contributed by atoms with Gasteiger partial charge in [-0.2, -0.15) is 13.2 Å². The highest BCUT2D eigenvalue weighted by molar-refractivity contribution is 7.99. The van der Waals surface area contributed by atoms with Crippen molar-refractivity contribution in [2.45, 2.75) is 17.6 Å². The Morgan fingerprint density at radius 2 is 1.88 bits per heavy atom. The molecule has 2 amide bonds. The Hall–Kier alpha value is -2.55. The quantitative estimate of drug-likeness (QED) is 0.767. The molecule has 5 nitrogen and oxygen atoms in total. The van der Waals surface area contributed by atoms with Crippen LogP contribution in [0.1, 0.15) is 11.1 Å². The van der Waals surface area contributed by atoms with Crippen molar-refractivity contribution in [1.29, 1.82) is 0 Å². The minimum Gasteiger partial charge on any atom is -0.369 e. The van der Waals surface area contributed by atoms with E-state index in [2.05, 4.69) is 10.3 Å². The summed E-state index contributed by atoms with van der Waals surface area (Å²) in [5, 5.41) is 2.95. The number of nitrogens with one attached hydrogen (secondary N) is 1. The highest BCUT2D eigenvalue weighted by Crippen LogP contribution is 2.29. The fourth-order valence-corrected chi connectivity index (χ4v) is 2.59. The Kier molecular flexibility index (Phi) is 6.02. The highest BCUT2D eigenvalue weighted by atomic mass is 32.2. The number of benzene rings is 1. The van der Waals surface area contributed by atoms with Crippen molar-refractivity contribution in [1.82, 2.24) is 4.98 Å². The van der Waals surface area contributed by atoms with Crippen molar-refractivity contribution in [3.63, 3.8) is 0 Å². The minimum absolute atomic E-state index is 0.00986. The second-order valence-corrected chi connectivity index (χ2v) is 6.02. The van der Waals surface area contributed by atoms with Crippen LogP contribution in [0.25, 0.3) is 0 Å². The van der Waals surface area contributed by atoms with Crippen LogP contribution in [-0.4, -0.2) is 22.6 Å². The molecule has 1 aromatic heterocycles. The maximum absolute atomic E-state index is 12.5. The van der Waals surface area contributed by atoms with E-state index in [4.69, 9.17) is 5.73 Å². The summed E-state index contributed by atoms with van der Waals surface area (Å²) < 4.78 is 37.4. The number of hydrogen-bond donors (Lipinski definition) is 2. The number of anilines is 1. The molecule has 0 atom stereocenters. The van der Waals surface area contributed by atoms with Gasteiger partial charge in [-0.15, -0.1) is 0 Å².